The Balaban J connectivity index is 1.58. The van der Waals surface area contributed by atoms with Crippen molar-refractivity contribution in [3.05, 3.63) is 81.7 Å². The van der Waals surface area contributed by atoms with Gasteiger partial charge in [-0.3, -0.25) is 9.88 Å². The minimum absolute atomic E-state index is 0.188. The van der Waals surface area contributed by atoms with Gasteiger partial charge in [0, 0.05) is 44.4 Å². The lowest BCUT2D eigenvalue weighted by atomic mass is 9.84. The van der Waals surface area contributed by atoms with E-state index in [1.807, 2.05) is 75.7 Å². The summed E-state index contributed by atoms with van der Waals surface area (Å²) in [6, 6.07) is 9.60. The van der Waals surface area contributed by atoms with E-state index in [1.165, 1.54) is 0 Å². The van der Waals surface area contributed by atoms with E-state index >= 15 is 0 Å². The highest BCUT2D eigenvalue weighted by molar-refractivity contribution is 6.30. The lowest BCUT2D eigenvalue weighted by Gasteiger charge is -2.40. The number of imidazole rings is 1. The maximum absolute atomic E-state index is 12.7. The van der Waals surface area contributed by atoms with E-state index in [2.05, 4.69) is 9.88 Å². The maximum atomic E-state index is 12.7. The number of aliphatic hydroxyl groups is 1. The Hall–Kier alpha value is -3.20. The second-order valence-corrected chi connectivity index (χ2v) is 11.9. The van der Waals surface area contributed by atoms with Crippen molar-refractivity contribution in [2.75, 3.05) is 26.2 Å². The molecule has 0 radical (unpaired) electrons. The van der Waals surface area contributed by atoms with Crippen LogP contribution in [0.1, 0.15) is 67.6 Å². The molecule has 1 aromatic carbocycles. The predicted molar refractivity (Wildman–Crippen MR) is 152 cm³/mol. The third-order valence-corrected chi connectivity index (χ3v) is 7.84. The number of pyridine rings is 1. The Morgan fingerprint density at radius 3 is 2.46 bits per heavy atom. The molecule has 9 heteroatoms. The number of amides is 1. The molecule has 1 unspecified atom stereocenters. The number of nitrogens with zero attached hydrogens (tertiary/aromatic N) is 5. The number of hydrogen-bond donors (Lipinski definition) is 1. The van der Waals surface area contributed by atoms with Gasteiger partial charge in [0.15, 0.2) is 0 Å². The predicted octanol–water partition coefficient (Wildman–Crippen LogP) is 5.18. The van der Waals surface area contributed by atoms with Crippen LogP contribution in [0.4, 0.5) is 4.79 Å². The highest BCUT2D eigenvalue weighted by Gasteiger charge is 2.39. The van der Waals surface area contributed by atoms with E-state index in [9.17, 15) is 9.90 Å². The highest BCUT2D eigenvalue weighted by atomic mass is 35.5. The molecule has 0 bridgehead atoms. The molecular weight excluding hydrogens is 514 g/mol. The first-order chi connectivity index (χ1) is 18.4. The monoisotopic (exact) mass is 549 g/mol. The zero-order chi connectivity index (χ0) is 28.1. The smallest absolute Gasteiger partial charge is 0.410 e. The molecule has 1 aliphatic heterocycles. The van der Waals surface area contributed by atoms with Gasteiger partial charge in [0.2, 0.25) is 0 Å². The molecule has 3 aromatic rings. The molecule has 1 fully saturated rings. The highest BCUT2D eigenvalue weighted by Crippen LogP contribution is 2.46. The van der Waals surface area contributed by atoms with E-state index in [-0.39, 0.29) is 12.1 Å². The number of halogens is 1. The minimum atomic E-state index is -1.35. The Labute approximate surface area is 234 Å². The van der Waals surface area contributed by atoms with Crippen molar-refractivity contribution in [3.63, 3.8) is 0 Å². The van der Waals surface area contributed by atoms with Crippen LogP contribution in [0.3, 0.4) is 0 Å². The molecule has 39 heavy (non-hydrogen) atoms. The summed E-state index contributed by atoms with van der Waals surface area (Å²) >= 11 is 6.56. The van der Waals surface area contributed by atoms with Crippen molar-refractivity contribution in [1.82, 2.24) is 24.3 Å². The van der Waals surface area contributed by atoms with Crippen LogP contribution >= 0.6 is 11.6 Å². The number of rotatable bonds is 3. The summed E-state index contributed by atoms with van der Waals surface area (Å²) in [7, 11) is 1.91. The fourth-order valence-electron chi connectivity index (χ4n) is 5.52. The van der Waals surface area contributed by atoms with Crippen molar-refractivity contribution in [2.45, 2.75) is 51.9 Å². The topological polar surface area (TPSA) is 83.7 Å². The van der Waals surface area contributed by atoms with Gasteiger partial charge in [-0.15, -0.1) is 0 Å². The molecule has 1 amide bonds. The molecule has 8 nitrogen and oxygen atoms in total. The fourth-order valence-corrected chi connectivity index (χ4v) is 5.69. The molecule has 5 rings (SSSR count). The Morgan fingerprint density at radius 1 is 1.10 bits per heavy atom. The first-order valence-corrected chi connectivity index (χ1v) is 13.6. The number of benzene rings is 1. The molecule has 3 heterocycles. The summed E-state index contributed by atoms with van der Waals surface area (Å²) in [5.41, 5.74) is 3.22. The Bertz CT molecular complexity index is 1430. The maximum Gasteiger partial charge on any atom is 0.410 e. The summed E-state index contributed by atoms with van der Waals surface area (Å²) in [6.07, 6.45) is 5.26. The van der Waals surface area contributed by atoms with E-state index in [0.29, 0.717) is 36.9 Å². The fraction of sp³-hybridized carbons (Fsp3) is 0.433. The molecule has 1 saturated heterocycles. The molecule has 206 valence electrons. The van der Waals surface area contributed by atoms with Gasteiger partial charge >= 0.3 is 6.09 Å². The summed E-state index contributed by atoms with van der Waals surface area (Å²) in [6.45, 7) is 11.7. The third kappa shape index (κ3) is 5.21. The van der Waals surface area contributed by atoms with Crippen LogP contribution in [0.5, 0.6) is 0 Å². The number of carbonyl (C=O) groups excluding carboxylic acids is 1. The number of fused-ring (bicyclic) bond motifs is 2. The van der Waals surface area contributed by atoms with E-state index in [1.54, 1.807) is 24.2 Å². The van der Waals surface area contributed by atoms with Crippen molar-refractivity contribution in [1.29, 1.82) is 0 Å². The molecule has 0 spiro atoms. The molecule has 2 aliphatic rings. The second kappa shape index (κ2) is 10.1. The SMILES string of the molecule is Cc1ncc(C(C)(O)C2=Cc3cccnc3[C@@H](N3CCN(C(=O)OC(C)(C)C)CC3)c3ccc(Cl)cc32)n1C. The molecular formula is C30H36ClN5O3. The van der Waals surface area contributed by atoms with Gasteiger partial charge in [-0.05, 0) is 81.2 Å². The van der Waals surface area contributed by atoms with Crippen LogP contribution in [0, 0.1) is 6.92 Å². The number of aromatic nitrogens is 3. The summed E-state index contributed by atoms with van der Waals surface area (Å²) in [4.78, 5) is 26.1. The van der Waals surface area contributed by atoms with Gasteiger partial charge in [-0.25, -0.2) is 9.78 Å². The van der Waals surface area contributed by atoms with Gasteiger partial charge < -0.3 is 19.3 Å². The lowest BCUT2D eigenvalue weighted by Crippen LogP contribution is -2.51. The van der Waals surface area contributed by atoms with Crippen LogP contribution in [0.25, 0.3) is 11.6 Å². The zero-order valence-corrected chi connectivity index (χ0v) is 24.2. The largest absolute Gasteiger partial charge is 0.444 e. The number of carbonyl (C=O) groups is 1. The lowest BCUT2D eigenvalue weighted by molar-refractivity contribution is 0.0117. The third-order valence-electron chi connectivity index (χ3n) is 7.60. The van der Waals surface area contributed by atoms with Crippen LogP contribution in [-0.4, -0.2) is 67.3 Å². The Morgan fingerprint density at radius 2 is 1.82 bits per heavy atom. The van der Waals surface area contributed by atoms with Crippen molar-refractivity contribution in [2.24, 2.45) is 7.05 Å². The van der Waals surface area contributed by atoms with Crippen LogP contribution in [-0.2, 0) is 17.4 Å². The van der Waals surface area contributed by atoms with Crippen molar-refractivity contribution >= 4 is 29.3 Å². The number of piperazine rings is 1. The average Bonchev–Trinajstić information content (AvgIpc) is 3.14. The number of ether oxygens (including phenoxy) is 1. The van der Waals surface area contributed by atoms with Crippen LogP contribution in [0.15, 0.2) is 42.7 Å². The van der Waals surface area contributed by atoms with Gasteiger partial charge in [0.05, 0.1) is 23.6 Å². The minimum Gasteiger partial charge on any atom is -0.444 e. The van der Waals surface area contributed by atoms with Crippen LogP contribution in [0.2, 0.25) is 5.02 Å². The first-order valence-electron chi connectivity index (χ1n) is 13.3. The molecule has 2 aromatic heterocycles. The summed E-state index contributed by atoms with van der Waals surface area (Å²) in [5, 5.41) is 12.7. The summed E-state index contributed by atoms with van der Waals surface area (Å²) in [5.74, 6) is 0.814. The van der Waals surface area contributed by atoms with Gasteiger partial charge in [0.25, 0.3) is 0 Å². The van der Waals surface area contributed by atoms with Crippen molar-refractivity contribution in [3.8, 4) is 0 Å². The molecule has 1 aliphatic carbocycles. The molecule has 0 saturated carbocycles. The van der Waals surface area contributed by atoms with Crippen molar-refractivity contribution < 1.29 is 14.6 Å². The van der Waals surface area contributed by atoms with Gasteiger partial charge in [-0.1, -0.05) is 23.7 Å². The zero-order valence-electron chi connectivity index (χ0n) is 23.4. The second-order valence-electron chi connectivity index (χ2n) is 11.5. The summed E-state index contributed by atoms with van der Waals surface area (Å²) < 4.78 is 7.52. The van der Waals surface area contributed by atoms with Crippen LogP contribution < -0.4 is 0 Å². The number of aryl methyl sites for hydroxylation is 1. The van der Waals surface area contributed by atoms with Gasteiger partial charge in [-0.2, -0.15) is 0 Å². The first kappa shape index (κ1) is 27.4. The van der Waals surface area contributed by atoms with E-state index < -0.39 is 11.2 Å². The van der Waals surface area contributed by atoms with E-state index in [0.717, 1.165) is 33.8 Å². The standard InChI is InChI=1S/C30H36ClN5O3/c1-19-33-18-25(34(19)6)30(5,38)24-16-20-8-7-11-32-26(20)27(22-10-9-21(31)17-23(22)24)35-12-14-36(15-13-35)28(37)39-29(2,3)4/h7-11,16-18,27,38H,12-15H2,1-6H3/t27-,30?/m0/s1. The average molecular weight is 550 g/mol. The molecule has 2 atom stereocenters. The number of hydrogen-bond acceptors (Lipinski definition) is 6. The Kier molecular flexibility index (Phi) is 7.07. The molecule has 1 N–H and O–H groups in total. The quantitative estimate of drug-likeness (QED) is 0.484. The normalized spacial score (nSPS) is 19.4. The van der Waals surface area contributed by atoms with Gasteiger partial charge in [0.1, 0.15) is 17.0 Å². The van der Waals surface area contributed by atoms with E-state index in [4.69, 9.17) is 21.3 Å².